The highest BCUT2D eigenvalue weighted by atomic mass is 35.5. The number of aromatic nitrogens is 2. The normalized spacial score (nSPS) is 11.2. The van der Waals surface area contributed by atoms with Crippen molar-refractivity contribution in [3.8, 4) is 5.69 Å². The van der Waals surface area contributed by atoms with E-state index in [1.165, 1.54) is 0 Å². The van der Waals surface area contributed by atoms with Gasteiger partial charge in [0.15, 0.2) is 5.43 Å². The minimum Gasteiger partial charge on any atom is -0.480 e. The molecule has 4 aromatic rings. The lowest BCUT2D eigenvalue weighted by Crippen LogP contribution is -2.20. The van der Waals surface area contributed by atoms with Crippen LogP contribution in [0.15, 0.2) is 59.7 Å². The first-order valence-electron chi connectivity index (χ1n) is 8.69. The van der Waals surface area contributed by atoms with Crippen molar-refractivity contribution in [2.45, 2.75) is 6.54 Å². The molecule has 0 aliphatic rings. The number of carboxylic acid groups (broad SMARTS) is 1. The molecule has 6 nitrogen and oxygen atoms in total. The van der Waals surface area contributed by atoms with Crippen molar-refractivity contribution in [1.82, 2.24) is 9.13 Å². The Hall–Kier alpha value is -3.25. The number of halogens is 1. The van der Waals surface area contributed by atoms with Crippen LogP contribution in [0.1, 0.15) is 0 Å². The molecule has 1 N–H and O–H groups in total. The zero-order valence-corrected chi connectivity index (χ0v) is 16.1. The number of pyridine rings is 1. The number of carbonyl (C=O) groups is 1. The summed E-state index contributed by atoms with van der Waals surface area (Å²) in [6.07, 6.45) is 3.79. The zero-order chi connectivity index (χ0) is 20.0. The Morgan fingerprint density at radius 3 is 2.43 bits per heavy atom. The highest BCUT2D eigenvalue weighted by Crippen LogP contribution is 2.34. The molecule has 28 heavy (non-hydrogen) atoms. The van der Waals surface area contributed by atoms with Crippen LogP contribution in [0.2, 0.25) is 5.02 Å². The van der Waals surface area contributed by atoms with Gasteiger partial charge in [0.05, 0.1) is 21.7 Å². The van der Waals surface area contributed by atoms with Gasteiger partial charge in [0.25, 0.3) is 0 Å². The standard InChI is InChI=1S/C21H18ClN3O3/c1-23(2)20-16(22)8-7-15-19(20)25(12-18(26)27)17-11-13(24-9-3-4-10-24)5-6-14(17)21(15)28/h3-11H,12H2,1-2H3,(H,26,27). The molecule has 0 aliphatic heterocycles. The SMILES string of the molecule is CN(C)c1c(Cl)ccc2c(=O)c3ccc(-n4cccc4)cc3n(CC(=O)O)c12. The van der Waals surface area contributed by atoms with Crippen LogP contribution in [0.5, 0.6) is 0 Å². The van der Waals surface area contributed by atoms with Gasteiger partial charge in [-0.2, -0.15) is 0 Å². The summed E-state index contributed by atoms with van der Waals surface area (Å²) in [5, 5.41) is 10.9. The fraction of sp³-hybridized carbons (Fsp3) is 0.143. The molecule has 7 heteroatoms. The zero-order valence-electron chi connectivity index (χ0n) is 15.4. The van der Waals surface area contributed by atoms with Crippen molar-refractivity contribution in [3.63, 3.8) is 0 Å². The molecule has 0 atom stereocenters. The number of carboxylic acids is 1. The molecular formula is C21H18ClN3O3. The Morgan fingerprint density at radius 2 is 1.79 bits per heavy atom. The highest BCUT2D eigenvalue weighted by molar-refractivity contribution is 6.35. The van der Waals surface area contributed by atoms with Gasteiger partial charge in [0, 0.05) is 42.9 Å². The van der Waals surface area contributed by atoms with Crippen LogP contribution in [-0.2, 0) is 11.3 Å². The summed E-state index contributed by atoms with van der Waals surface area (Å²) in [5.74, 6) is -0.998. The van der Waals surface area contributed by atoms with E-state index in [1.807, 2.05) is 55.3 Å². The van der Waals surface area contributed by atoms with E-state index in [-0.39, 0.29) is 12.0 Å². The average molecular weight is 396 g/mol. The smallest absolute Gasteiger partial charge is 0.323 e. The second-order valence-corrected chi connectivity index (χ2v) is 7.19. The monoisotopic (exact) mass is 395 g/mol. The molecule has 142 valence electrons. The number of hydrogen-bond donors (Lipinski definition) is 1. The van der Waals surface area contributed by atoms with Gasteiger partial charge in [-0.15, -0.1) is 0 Å². The highest BCUT2D eigenvalue weighted by Gasteiger charge is 2.19. The molecule has 0 spiro atoms. The molecule has 0 amide bonds. The summed E-state index contributed by atoms with van der Waals surface area (Å²) >= 11 is 6.41. The number of anilines is 1. The average Bonchev–Trinajstić information content (AvgIpc) is 3.18. The van der Waals surface area contributed by atoms with Crippen molar-refractivity contribution in [3.05, 3.63) is 70.1 Å². The van der Waals surface area contributed by atoms with Crippen LogP contribution in [0.4, 0.5) is 5.69 Å². The third kappa shape index (κ3) is 2.82. The van der Waals surface area contributed by atoms with E-state index >= 15 is 0 Å². The van der Waals surface area contributed by atoms with Crippen LogP contribution >= 0.6 is 11.6 Å². The van der Waals surface area contributed by atoms with Gasteiger partial charge in [-0.3, -0.25) is 9.59 Å². The van der Waals surface area contributed by atoms with Crippen molar-refractivity contribution in [2.24, 2.45) is 0 Å². The number of rotatable bonds is 4. The first-order valence-corrected chi connectivity index (χ1v) is 9.07. The van der Waals surface area contributed by atoms with Crippen LogP contribution in [0, 0.1) is 0 Å². The molecular weight excluding hydrogens is 378 g/mol. The predicted octanol–water partition coefficient (Wildman–Crippen LogP) is 3.75. The predicted molar refractivity (Wildman–Crippen MR) is 112 cm³/mol. The summed E-state index contributed by atoms with van der Waals surface area (Å²) in [6, 6.07) is 12.6. The first kappa shape index (κ1) is 18.1. The Labute approximate surface area is 165 Å². The van der Waals surface area contributed by atoms with E-state index in [9.17, 15) is 14.7 Å². The second kappa shape index (κ2) is 6.73. The van der Waals surface area contributed by atoms with Crippen molar-refractivity contribution in [1.29, 1.82) is 0 Å². The van der Waals surface area contributed by atoms with Gasteiger partial charge < -0.3 is 19.1 Å². The molecule has 0 fully saturated rings. The number of nitrogens with zero attached hydrogens (tertiary/aromatic N) is 3. The maximum Gasteiger partial charge on any atom is 0.323 e. The summed E-state index contributed by atoms with van der Waals surface area (Å²) in [7, 11) is 3.63. The third-order valence-corrected chi connectivity index (χ3v) is 5.08. The molecule has 0 bridgehead atoms. The quantitative estimate of drug-likeness (QED) is 0.534. The Balaban J connectivity index is 2.21. The molecule has 2 aromatic heterocycles. The van der Waals surface area contributed by atoms with Crippen LogP contribution in [0.3, 0.4) is 0 Å². The van der Waals surface area contributed by atoms with Crippen molar-refractivity contribution >= 4 is 45.1 Å². The van der Waals surface area contributed by atoms with E-state index in [4.69, 9.17) is 11.6 Å². The molecule has 2 heterocycles. The maximum absolute atomic E-state index is 13.2. The molecule has 2 aromatic carbocycles. The second-order valence-electron chi connectivity index (χ2n) is 6.79. The largest absolute Gasteiger partial charge is 0.480 e. The molecule has 0 saturated heterocycles. The lowest BCUT2D eigenvalue weighted by molar-refractivity contribution is -0.137. The fourth-order valence-electron chi connectivity index (χ4n) is 3.60. The van der Waals surface area contributed by atoms with Crippen LogP contribution < -0.4 is 10.3 Å². The minimum atomic E-state index is -0.998. The fourth-order valence-corrected chi connectivity index (χ4v) is 3.93. The summed E-state index contributed by atoms with van der Waals surface area (Å²) < 4.78 is 3.56. The Kier molecular flexibility index (Phi) is 4.35. The van der Waals surface area contributed by atoms with E-state index in [0.717, 1.165) is 5.69 Å². The summed E-state index contributed by atoms with van der Waals surface area (Å²) in [6.45, 7) is -0.288. The maximum atomic E-state index is 13.2. The van der Waals surface area contributed by atoms with Gasteiger partial charge in [-0.1, -0.05) is 11.6 Å². The molecule has 0 aliphatic carbocycles. The molecule has 4 rings (SSSR count). The first-order chi connectivity index (χ1) is 13.4. The van der Waals surface area contributed by atoms with Gasteiger partial charge in [0.2, 0.25) is 0 Å². The van der Waals surface area contributed by atoms with Gasteiger partial charge in [-0.05, 0) is 42.5 Å². The summed E-state index contributed by atoms with van der Waals surface area (Å²) in [4.78, 5) is 26.6. The van der Waals surface area contributed by atoms with Gasteiger partial charge >= 0.3 is 5.97 Å². The third-order valence-electron chi connectivity index (χ3n) is 4.78. The van der Waals surface area contributed by atoms with E-state index in [0.29, 0.717) is 32.5 Å². The van der Waals surface area contributed by atoms with E-state index < -0.39 is 5.97 Å². The number of aliphatic carboxylic acids is 1. The van der Waals surface area contributed by atoms with Crippen molar-refractivity contribution < 1.29 is 9.90 Å². The van der Waals surface area contributed by atoms with E-state index in [2.05, 4.69) is 0 Å². The lowest BCUT2D eigenvalue weighted by atomic mass is 10.1. The number of fused-ring (bicyclic) bond motifs is 2. The molecule has 0 radical (unpaired) electrons. The summed E-state index contributed by atoms with van der Waals surface area (Å²) in [5.41, 5.74) is 2.37. The van der Waals surface area contributed by atoms with Gasteiger partial charge in [-0.25, -0.2) is 0 Å². The lowest BCUT2D eigenvalue weighted by Gasteiger charge is -2.22. The van der Waals surface area contributed by atoms with E-state index in [1.54, 1.807) is 27.7 Å². The Morgan fingerprint density at radius 1 is 1.11 bits per heavy atom. The molecule has 0 saturated carbocycles. The van der Waals surface area contributed by atoms with Crippen LogP contribution in [0.25, 0.3) is 27.5 Å². The number of hydrogen-bond acceptors (Lipinski definition) is 3. The topological polar surface area (TPSA) is 67.5 Å². The molecule has 0 unspecified atom stereocenters. The number of benzene rings is 2. The minimum absolute atomic E-state index is 0.148. The Bertz CT molecular complexity index is 1270. The van der Waals surface area contributed by atoms with Crippen LogP contribution in [-0.4, -0.2) is 34.3 Å². The van der Waals surface area contributed by atoms with Crippen molar-refractivity contribution in [2.75, 3.05) is 19.0 Å². The van der Waals surface area contributed by atoms with Gasteiger partial charge in [0.1, 0.15) is 6.54 Å².